The predicted octanol–water partition coefficient (Wildman–Crippen LogP) is 0.659. The summed E-state index contributed by atoms with van der Waals surface area (Å²) in [6.45, 7) is 0. The first kappa shape index (κ1) is 29.8. The first-order chi connectivity index (χ1) is 6.61. The first-order valence-electron chi connectivity index (χ1n) is 1.88. The van der Waals surface area contributed by atoms with Crippen LogP contribution in [-0.4, -0.2) is 15.3 Å². The van der Waals surface area contributed by atoms with Gasteiger partial charge in [0, 0.05) is 0 Å². The van der Waals surface area contributed by atoms with Gasteiger partial charge in [0.25, 0.3) is 0 Å². The molecule has 0 amide bonds. The van der Waals surface area contributed by atoms with E-state index in [0.29, 0.717) is 0 Å². The quantitative estimate of drug-likeness (QED) is 0.259. The molecule has 0 aliphatic heterocycles. The van der Waals surface area contributed by atoms with Crippen molar-refractivity contribution >= 4 is 19.1 Å². The Morgan fingerprint density at radius 2 is 0.688 bits per heavy atom. The number of halogens is 2. The molecule has 16 heavy (non-hydrogen) atoms. The second-order valence-corrected chi connectivity index (χ2v) is 3.08. The van der Waals surface area contributed by atoms with E-state index in [1.165, 1.54) is 0 Å². The van der Waals surface area contributed by atoms with Gasteiger partial charge in [0.1, 0.15) is 0 Å². The van der Waals surface area contributed by atoms with Crippen LogP contribution in [0.15, 0.2) is 0 Å². The van der Waals surface area contributed by atoms with Crippen LogP contribution in [-0.2, 0) is 15.9 Å². The SMILES string of the molecule is O=[N+]([O-])[O-].O=[N+]([O-])[O-].O=[N+]([O-])[O-].[Ce+3].[Cl][Pd][Cl]. The molecule has 0 aromatic heterocycles. The Hall–Kier alpha value is 0.219. The van der Waals surface area contributed by atoms with Crippen LogP contribution in [0.2, 0.25) is 0 Å². The minimum absolute atomic E-state index is 0. The Labute approximate surface area is 136 Å². The van der Waals surface area contributed by atoms with Crippen molar-refractivity contribution in [3.05, 3.63) is 46.0 Å². The minimum atomic E-state index is -1.75. The molecule has 0 saturated heterocycles. The second kappa shape index (κ2) is 29.5. The van der Waals surface area contributed by atoms with Crippen LogP contribution in [0.5, 0.6) is 0 Å². The molecule has 0 aromatic rings. The van der Waals surface area contributed by atoms with Gasteiger partial charge >= 0.3 is 76.7 Å². The Morgan fingerprint density at radius 3 is 0.688 bits per heavy atom. The van der Waals surface area contributed by atoms with E-state index in [1.807, 2.05) is 0 Å². The number of rotatable bonds is 0. The Balaban J connectivity index is -0.0000000331. The third-order valence-corrected chi connectivity index (χ3v) is 0. The molecule has 0 rings (SSSR count). The molecule has 97 valence electrons. The monoisotopic (exact) mass is 502 g/mol. The summed E-state index contributed by atoms with van der Waals surface area (Å²) in [5, 5.41) is 44.2. The molecular formula is CeCl2N3O9Pd. The van der Waals surface area contributed by atoms with Gasteiger partial charge in [0.15, 0.2) is 0 Å². The van der Waals surface area contributed by atoms with Crippen LogP contribution in [0, 0.1) is 87.7 Å². The summed E-state index contributed by atoms with van der Waals surface area (Å²) in [5.41, 5.74) is 0. The number of nitrogens with zero attached hydrogens (tertiary/aromatic N) is 3. The normalized spacial score (nSPS) is 5.88. The standard InChI is InChI=1S/Ce.2ClH.3NO3.Pd/c;;;3*2-1(3)4;/h;2*1H;;;;/q+3;;;3*-1;+2/p-2. The molecule has 0 aliphatic rings. The summed E-state index contributed by atoms with van der Waals surface area (Å²) in [6.07, 6.45) is 0. The third-order valence-electron chi connectivity index (χ3n) is 0. The van der Waals surface area contributed by atoms with Gasteiger partial charge in [-0.1, -0.05) is 0 Å². The number of hydrogen-bond donors (Lipinski definition) is 0. The van der Waals surface area contributed by atoms with Crippen LogP contribution in [0.1, 0.15) is 0 Å². The second-order valence-electron chi connectivity index (χ2n) is 0.716. The fourth-order valence-corrected chi connectivity index (χ4v) is 0. The van der Waals surface area contributed by atoms with Gasteiger partial charge in [-0.3, -0.25) is 0 Å². The summed E-state index contributed by atoms with van der Waals surface area (Å²) in [6, 6.07) is 0. The summed E-state index contributed by atoms with van der Waals surface area (Å²) >= 11 is -0.106. The van der Waals surface area contributed by atoms with E-state index in [2.05, 4.69) is 0 Å². The molecule has 16 heteroatoms. The molecule has 12 nitrogen and oxygen atoms in total. The van der Waals surface area contributed by atoms with Crippen molar-refractivity contribution in [2.75, 3.05) is 0 Å². The van der Waals surface area contributed by atoms with Crippen molar-refractivity contribution in [2.45, 2.75) is 0 Å². The van der Waals surface area contributed by atoms with E-state index in [4.69, 9.17) is 65.0 Å². The van der Waals surface area contributed by atoms with Crippen LogP contribution in [0.4, 0.5) is 0 Å². The third kappa shape index (κ3) is 51800. The Kier molecular flexibility index (Phi) is 55.0. The van der Waals surface area contributed by atoms with E-state index < -0.39 is 15.3 Å². The first-order valence-corrected chi connectivity index (χ1v) is 5.89. The average Bonchev–Trinajstić information content (AvgIpc) is 1.81. The fraction of sp³-hybridized carbons (Fsp3) is 0. The molecule has 0 fully saturated rings. The Bertz CT molecular complexity index is 138. The van der Waals surface area contributed by atoms with Crippen molar-refractivity contribution in [3.8, 4) is 0 Å². The molecule has 0 unspecified atom stereocenters. The van der Waals surface area contributed by atoms with Crippen molar-refractivity contribution < 1.29 is 72.9 Å². The van der Waals surface area contributed by atoms with E-state index >= 15 is 0 Å². The topological polar surface area (TPSA) is 199 Å². The van der Waals surface area contributed by atoms with Gasteiger partial charge in [-0.2, -0.15) is 0 Å². The van der Waals surface area contributed by atoms with Crippen molar-refractivity contribution in [1.29, 1.82) is 0 Å². The van der Waals surface area contributed by atoms with Gasteiger partial charge in [0.2, 0.25) is 0 Å². The summed E-state index contributed by atoms with van der Waals surface area (Å²) in [4.78, 5) is 24.8. The van der Waals surface area contributed by atoms with Crippen molar-refractivity contribution in [2.24, 2.45) is 0 Å². The molecule has 0 aromatic carbocycles. The van der Waals surface area contributed by atoms with Crippen molar-refractivity contribution in [1.82, 2.24) is 0 Å². The maximum atomic E-state index is 8.25. The van der Waals surface area contributed by atoms with E-state index in [0.717, 1.165) is 0 Å². The van der Waals surface area contributed by atoms with Gasteiger partial charge in [-0.05, 0) is 0 Å². The van der Waals surface area contributed by atoms with Crippen molar-refractivity contribution in [3.63, 3.8) is 0 Å². The van der Waals surface area contributed by atoms with Crippen LogP contribution >= 0.6 is 19.1 Å². The van der Waals surface area contributed by atoms with Gasteiger partial charge in [-0.15, -0.1) is 0 Å². The van der Waals surface area contributed by atoms with Gasteiger partial charge in [0.05, 0.1) is 15.3 Å². The molecule has 0 bridgehead atoms. The van der Waals surface area contributed by atoms with Gasteiger partial charge in [-0.25, -0.2) is 0 Å². The molecular weight excluding hydrogens is 503 g/mol. The number of hydrogen-bond acceptors (Lipinski definition) is 9. The zero-order valence-electron chi connectivity index (χ0n) is 6.59. The van der Waals surface area contributed by atoms with E-state index in [1.54, 1.807) is 0 Å². The molecule has 0 N–H and O–H groups in total. The maximum absolute atomic E-state index is 8.25. The summed E-state index contributed by atoms with van der Waals surface area (Å²) < 4.78 is 0. The fourth-order valence-electron chi connectivity index (χ4n) is 0. The molecule has 0 atom stereocenters. The molecule has 1 radical (unpaired) electrons. The summed E-state index contributed by atoms with van der Waals surface area (Å²) in [5.74, 6) is 0. The average molecular weight is 503 g/mol. The van der Waals surface area contributed by atoms with E-state index in [9.17, 15) is 0 Å². The zero-order chi connectivity index (χ0) is 13.4. The van der Waals surface area contributed by atoms with Gasteiger partial charge < -0.3 is 46.0 Å². The molecule has 0 heterocycles. The molecule has 0 spiro atoms. The zero-order valence-corrected chi connectivity index (χ0v) is 12.8. The predicted molar refractivity (Wildman–Crippen MR) is 42.8 cm³/mol. The molecule has 0 saturated carbocycles. The van der Waals surface area contributed by atoms with Crippen LogP contribution in [0.3, 0.4) is 0 Å². The molecule has 0 aliphatic carbocycles. The van der Waals surface area contributed by atoms with Crippen LogP contribution in [0.25, 0.3) is 0 Å². The summed E-state index contributed by atoms with van der Waals surface area (Å²) in [7, 11) is 9.63. The Morgan fingerprint density at radius 1 is 0.688 bits per heavy atom. The van der Waals surface area contributed by atoms with Crippen LogP contribution < -0.4 is 0 Å². The van der Waals surface area contributed by atoms with E-state index in [-0.39, 0.29) is 57.7 Å².